The van der Waals surface area contributed by atoms with Crippen molar-refractivity contribution in [3.05, 3.63) is 29.3 Å². The lowest BCUT2D eigenvalue weighted by Crippen LogP contribution is -2.21. The summed E-state index contributed by atoms with van der Waals surface area (Å²) < 4.78 is 25.8. The molecule has 0 spiro atoms. The monoisotopic (exact) mass is 187 g/mol. The van der Waals surface area contributed by atoms with Gasteiger partial charge in [0.25, 0.3) is 0 Å². The second-order valence-electron chi connectivity index (χ2n) is 2.74. The molecule has 13 heavy (non-hydrogen) atoms. The van der Waals surface area contributed by atoms with Crippen LogP contribution in [0.4, 0.5) is 14.5 Å². The summed E-state index contributed by atoms with van der Waals surface area (Å²) in [5.74, 6) is -1.61. The summed E-state index contributed by atoms with van der Waals surface area (Å²) in [6.45, 7) is 0.128. The lowest BCUT2D eigenvalue weighted by atomic mass is 10.1. The molecule has 1 aromatic carbocycles. The molecule has 1 rings (SSSR count). The van der Waals surface area contributed by atoms with Gasteiger partial charge in [-0.2, -0.15) is 0 Å². The highest BCUT2D eigenvalue weighted by Crippen LogP contribution is 2.20. The minimum absolute atomic E-state index is 0.128. The molecule has 0 aromatic heterocycles. The van der Waals surface area contributed by atoms with Gasteiger partial charge in [-0.05, 0) is 17.7 Å². The van der Waals surface area contributed by atoms with Gasteiger partial charge in [0, 0.05) is 12.6 Å². The first-order chi connectivity index (χ1) is 6.06. The number of benzene rings is 1. The number of rotatable bonds is 2. The number of halogens is 2. The van der Waals surface area contributed by atoms with Crippen molar-refractivity contribution in [1.29, 1.82) is 0 Å². The molecular weight excluding hydrogens is 176 g/mol. The predicted molar refractivity (Wildman–Crippen MR) is 46.8 cm³/mol. The minimum atomic E-state index is -0.807. The van der Waals surface area contributed by atoms with Crippen LogP contribution in [-0.2, 0) is 0 Å². The van der Waals surface area contributed by atoms with Crippen LogP contribution < -0.4 is 17.2 Å². The number of hydrogen-bond donors (Lipinski definition) is 3. The van der Waals surface area contributed by atoms with Crippen LogP contribution in [0.2, 0.25) is 0 Å². The molecule has 0 amide bonds. The molecule has 1 aromatic rings. The Morgan fingerprint density at radius 2 is 1.69 bits per heavy atom. The molecule has 0 aliphatic heterocycles. The van der Waals surface area contributed by atoms with Crippen molar-refractivity contribution in [2.75, 3.05) is 12.3 Å². The number of hydrogen-bond acceptors (Lipinski definition) is 3. The van der Waals surface area contributed by atoms with Crippen LogP contribution in [-0.4, -0.2) is 6.54 Å². The van der Waals surface area contributed by atoms with Crippen LogP contribution in [0.1, 0.15) is 11.6 Å². The fraction of sp³-hybridized carbons (Fsp3) is 0.250. The van der Waals surface area contributed by atoms with E-state index in [4.69, 9.17) is 17.2 Å². The highest BCUT2D eigenvalue weighted by molar-refractivity contribution is 5.43. The molecule has 1 atom stereocenters. The molecule has 0 heterocycles. The minimum Gasteiger partial charge on any atom is -0.394 e. The van der Waals surface area contributed by atoms with Crippen LogP contribution in [0.15, 0.2) is 12.1 Å². The standard InChI is InChI=1S/C8H11F2N3/c9-5-1-4(7(12)3-11)2-6(10)8(5)13/h1-2,7H,3,11-13H2/t7-/m0/s1. The first-order valence-corrected chi connectivity index (χ1v) is 3.76. The van der Waals surface area contributed by atoms with E-state index in [1.54, 1.807) is 0 Å². The quantitative estimate of drug-likeness (QED) is 0.590. The van der Waals surface area contributed by atoms with Gasteiger partial charge in [-0.15, -0.1) is 0 Å². The van der Waals surface area contributed by atoms with Gasteiger partial charge in [-0.3, -0.25) is 0 Å². The summed E-state index contributed by atoms with van der Waals surface area (Å²) in [7, 11) is 0. The van der Waals surface area contributed by atoms with E-state index in [-0.39, 0.29) is 6.54 Å². The third kappa shape index (κ3) is 1.93. The van der Waals surface area contributed by atoms with E-state index < -0.39 is 23.4 Å². The zero-order valence-corrected chi connectivity index (χ0v) is 6.93. The summed E-state index contributed by atoms with van der Waals surface area (Å²) in [5.41, 5.74) is 15.6. The van der Waals surface area contributed by atoms with Crippen molar-refractivity contribution >= 4 is 5.69 Å². The molecule has 0 saturated heterocycles. The van der Waals surface area contributed by atoms with E-state index in [0.29, 0.717) is 5.56 Å². The van der Waals surface area contributed by atoms with Gasteiger partial charge in [0.1, 0.15) is 17.3 Å². The molecule has 0 radical (unpaired) electrons. The van der Waals surface area contributed by atoms with Gasteiger partial charge in [-0.25, -0.2) is 8.78 Å². The zero-order chi connectivity index (χ0) is 10.0. The van der Waals surface area contributed by atoms with Crippen molar-refractivity contribution in [1.82, 2.24) is 0 Å². The Hall–Kier alpha value is -1.20. The predicted octanol–water partition coefficient (Wildman–Crippen LogP) is 0.506. The van der Waals surface area contributed by atoms with Crippen molar-refractivity contribution < 1.29 is 8.78 Å². The van der Waals surface area contributed by atoms with Crippen molar-refractivity contribution in [3.8, 4) is 0 Å². The lowest BCUT2D eigenvalue weighted by molar-refractivity contribution is 0.582. The number of nitrogens with two attached hydrogens (primary N) is 3. The van der Waals surface area contributed by atoms with Gasteiger partial charge in [-0.1, -0.05) is 0 Å². The molecule has 6 N–H and O–H groups in total. The summed E-state index contributed by atoms with van der Waals surface area (Å²) in [5, 5.41) is 0. The molecule has 0 saturated carbocycles. The second kappa shape index (κ2) is 3.68. The van der Waals surface area contributed by atoms with E-state index in [9.17, 15) is 8.78 Å². The van der Waals surface area contributed by atoms with E-state index in [1.807, 2.05) is 0 Å². The summed E-state index contributed by atoms with van der Waals surface area (Å²) in [4.78, 5) is 0. The van der Waals surface area contributed by atoms with Gasteiger partial charge in [0.05, 0.1) is 0 Å². The van der Waals surface area contributed by atoms with E-state index >= 15 is 0 Å². The average Bonchev–Trinajstić information content (AvgIpc) is 2.12. The van der Waals surface area contributed by atoms with Crippen LogP contribution in [0.5, 0.6) is 0 Å². The Morgan fingerprint density at radius 1 is 1.23 bits per heavy atom. The Kier molecular flexibility index (Phi) is 2.79. The van der Waals surface area contributed by atoms with Gasteiger partial charge in [0.15, 0.2) is 0 Å². The first-order valence-electron chi connectivity index (χ1n) is 3.76. The molecule has 0 aliphatic carbocycles. The fourth-order valence-electron chi connectivity index (χ4n) is 0.954. The highest BCUT2D eigenvalue weighted by atomic mass is 19.1. The first kappa shape index (κ1) is 9.88. The topological polar surface area (TPSA) is 78.1 Å². The highest BCUT2D eigenvalue weighted by Gasteiger charge is 2.11. The van der Waals surface area contributed by atoms with Crippen molar-refractivity contribution in [3.63, 3.8) is 0 Å². The second-order valence-corrected chi connectivity index (χ2v) is 2.74. The van der Waals surface area contributed by atoms with Gasteiger partial charge in [0.2, 0.25) is 0 Å². The molecule has 0 aliphatic rings. The van der Waals surface area contributed by atoms with Crippen molar-refractivity contribution in [2.45, 2.75) is 6.04 Å². The van der Waals surface area contributed by atoms with Crippen LogP contribution in [0.3, 0.4) is 0 Å². The Labute approximate surface area is 74.5 Å². The van der Waals surface area contributed by atoms with E-state index in [2.05, 4.69) is 0 Å². The maximum absolute atomic E-state index is 12.9. The summed E-state index contributed by atoms with van der Waals surface area (Å²) in [6, 6.07) is 1.62. The zero-order valence-electron chi connectivity index (χ0n) is 6.93. The Balaban J connectivity index is 3.13. The molecule has 0 fully saturated rings. The normalized spacial score (nSPS) is 12.9. The molecule has 0 bridgehead atoms. The largest absolute Gasteiger partial charge is 0.394 e. The van der Waals surface area contributed by atoms with E-state index in [0.717, 1.165) is 12.1 Å². The van der Waals surface area contributed by atoms with Gasteiger partial charge < -0.3 is 17.2 Å². The summed E-state index contributed by atoms with van der Waals surface area (Å²) in [6.07, 6.45) is 0. The maximum atomic E-state index is 12.9. The number of nitrogen functional groups attached to an aromatic ring is 1. The smallest absolute Gasteiger partial charge is 0.149 e. The maximum Gasteiger partial charge on any atom is 0.149 e. The molecule has 72 valence electrons. The third-order valence-corrected chi connectivity index (χ3v) is 1.78. The lowest BCUT2D eigenvalue weighted by Gasteiger charge is -2.10. The van der Waals surface area contributed by atoms with Gasteiger partial charge >= 0.3 is 0 Å². The van der Waals surface area contributed by atoms with Crippen LogP contribution in [0.25, 0.3) is 0 Å². The fourth-order valence-corrected chi connectivity index (χ4v) is 0.954. The Morgan fingerprint density at radius 3 is 2.08 bits per heavy atom. The van der Waals surface area contributed by atoms with Crippen LogP contribution in [0, 0.1) is 11.6 Å². The van der Waals surface area contributed by atoms with Crippen LogP contribution >= 0.6 is 0 Å². The van der Waals surface area contributed by atoms with Crippen molar-refractivity contribution in [2.24, 2.45) is 11.5 Å². The molecule has 3 nitrogen and oxygen atoms in total. The number of anilines is 1. The molecule has 5 heteroatoms. The molecule has 0 unspecified atom stereocenters. The summed E-state index contributed by atoms with van der Waals surface area (Å²) >= 11 is 0. The average molecular weight is 187 g/mol. The third-order valence-electron chi connectivity index (χ3n) is 1.78. The molecular formula is C8H11F2N3. The van der Waals surface area contributed by atoms with E-state index in [1.165, 1.54) is 0 Å². The Bertz CT molecular complexity index is 291. The SMILES string of the molecule is NC[C@H](N)c1cc(F)c(N)c(F)c1.